The van der Waals surface area contributed by atoms with Crippen LogP contribution in [0.2, 0.25) is 0 Å². The average Bonchev–Trinajstić information content (AvgIpc) is 3.40. The van der Waals surface area contributed by atoms with Crippen LogP contribution in [0.3, 0.4) is 0 Å². The van der Waals surface area contributed by atoms with Gasteiger partial charge in [0.1, 0.15) is 12.4 Å². The molecule has 1 saturated heterocycles. The van der Waals surface area contributed by atoms with E-state index in [9.17, 15) is 9.59 Å². The Bertz CT molecular complexity index is 806. The zero-order valence-electron chi connectivity index (χ0n) is 15.0. The summed E-state index contributed by atoms with van der Waals surface area (Å²) in [7, 11) is 0. The first kappa shape index (κ1) is 17.5. The number of nitrogens with zero attached hydrogens (tertiary/aromatic N) is 3. The molecule has 2 fully saturated rings. The van der Waals surface area contributed by atoms with Gasteiger partial charge in [0, 0.05) is 30.5 Å². The fourth-order valence-corrected chi connectivity index (χ4v) is 3.21. The van der Waals surface area contributed by atoms with E-state index in [2.05, 4.69) is 15.3 Å². The predicted molar refractivity (Wildman–Crippen MR) is 98.5 cm³/mol. The Hall–Kier alpha value is -2.96. The SMILES string of the molecule is O=C(NC1CC1)c1ccc(OCC2CCCN2C(=O)c2ncccn2)cc1. The standard InChI is InChI=1S/C20H22N4O3/c25-19(23-15-6-7-15)14-4-8-17(9-5-14)27-13-16-3-1-12-24(16)20(26)18-21-10-2-11-22-18/h2,4-5,8-11,15-16H,1,3,6-7,12-13H2,(H,23,25). The van der Waals surface area contributed by atoms with Crippen molar-refractivity contribution in [2.24, 2.45) is 0 Å². The average molecular weight is 366 g/mol. The van der Waals surface area contributed by atoms with Crippen molar-refractivity contribution in [3.05, 3.63) is 54.1 Å². The maximum atomic E-state index is 12.6. The van der Waals surface area contributed by atoms with E-state index in [1.165, 1.54) is 0 Å². The highest BCUT2D eigenvalue weighted by Gasteiger charge is 2.31. The van der Waals surface area contributed by atoms with Gasteiger partial charge in [-0.25, -0.2) is 9.97 Å². The van der Waals surface area contributed by atoms with Gasteiger partial charge in [-0.2, -0.15) is 0 Å². The minimum atomic E-state index is -0.159. The highest BCUT2D eigenvalue weighted by molar-refractivity contribution is 5.94. The van der Waals surface area contributed by atoms with Crippen LogP contribution in [0.25, 0.3) is 0 Å². The van der Waals surface area contributed by atoms with Crippen molar-refractivity contribution >= 4 is 11.8 Å². The largest absolute Gasteiger partial charge is 0.491 e. The molecule has 2 aliphatic rings. The number of ether oxygens (including phenoxy) is 1. The molecule has 1 aromatic carbocycles. The molecule has 0 spiro atoms. The van der Waals surface area contributed by atoms with Crippen molar-refractivity contribution in [1.29, 1.82) is 0 Å². The summed E-state index contributed by atoms with van der Waals surface area (Å²) >= 11 is 0. The summed E-state index contributed by atoms with van der Waals surface area (Å²) in [6.07, 6.45) is 7.11. The number of carbonyl (C=O) groups excluding carboxylic acids is 2. The van der Waals surface area contributed by atoms with Gasteiger partial charge in [-0.15, -0.1) is 0 Å². The van der Waals surface area contributed by atoms with E-state index in [0.29, 0.717) is 30.5 Å². The van der Waals surface area contributed by atoms with Gasteiger partial charge < -0.3 is 15.0 Å². The summed E-state index contributed by atoms with van der Waals surface area (Å²) in [6, 6.07) is 9.15. The quantitative estimate of drug-likeness (QED) is 0.846. The monoisotopic (exact) mass is 366 g/mol. The molecule has 1 aromatic heterocycles. The van der Waals surface area contributed by atoms with E-state index in [-0.39, 0.29) is 23.7 Å². The van der Waals surface area contributed by atoms with Gasteiger partial charge >= 0.3 is 0 Å². The molecular weight excluding hydrogens is 344 g/mol. The molecule has 0 bridgehead atoms. The van der Waals surface area contributed by atoms with Crippen LogP contribution in [0.5, 0.6) is 5.75 Å². The maximum Gasteiger partial charge on any atom is 0.292 e. The van der Waals surface area contributed by atoms with Gasteiger partial charge in [-0.1, -0.05) is 0 Å². The third kappa shape index (κ3) is 4.24. The molecule has 7 nitrogen and oxygen atoms in total. The molecule has 1 unspecified atom stereocenters. The number of rotatable bonds is 6. The molecule has 2 heterocycles. The summed E-state index contributed by atoms with van der Waals surface area (Å²) in [5.41, 5.74) is 0.633. The number of nitrogens with one attached hydrogen (secondary N) is 1. The number of benzene rings is 1. The van der Waals surface area contributed by atoms with E-state index in [1.54, 1.807) is 47.6 Å². The van der Waals surface area contributed by atoms with Gasteiger partial charge in [0.2, 0.25) is 5.82 Å². The molecule has 1 N–H and O–H groups in total. The Morgan fingerprint density at radius 2 is 1.85 bits per heavy atom. The van der Waals surface area contributed by atoms with E-state index < -0.39 is 0 Å². The number of hydrogen-bond donors (Lipinski definition) is 1. The van der Waals surface area contributed by atoms with Gasteiger partial charge in [0.25, 0.3) is 11.8 Å². The number of hydrogen-bond acceptors (Lipinski definition) is 5. The minimum Gasteiger partial charge on any atom is -0.491 e. The zero-order valence-corrected chi connectivity index (χ0v) is 15.0. The van der Waals surface area contributed by atoms with Crippen LogP contribution in [0.15, 0.2) is 42.7 Å². The topological polar surface area (TPSA) is 84.4 Å². The molecule has 1 atom stereocenters. The Kier molecular flexibility index (Phi) is 5.00. The normalized spacial score (nSPS) is 19.0. The van der Waals surface area contributed by atoms with Crippen molar-refractivity contribution < 1.29 is 14.3 Å². The van der Waals surface area contributed by atoms with Crippen LogP contribution in [0.1, 0.15) is 46.7 Å². The summed E-state index contributed by atoms with van der Waals surface area (Å²) in [5, 5.41) is 2.96. The van der Waals surface area contributed by atoms with Gasteiger partial charge in [0.15, 0.2) is 0 Å². The lowest BCUT2D eigenvalue weighted by atomic mass is 10.2. The smallest absolute Gasteiger partial charge is 0.292 e. The van der Waals surface area contributed by atoms with Crippen LogP contribution < -0.4 is 10.1 Å². The Morgan fingerprint density at radius 3 is 2.56 bits per heavy atom. The van der Waals surface area contributed by atoms with E-state index in [0.717, 1.165) is 25.7 Å². The van der Waals surface area contributed by atoms with Crippen LogP contribution in [0.4, 0.5) is 0 Å². The Labute approximate surface area is 157 Å². The first-order valence-corrected chi connectivity index (χ1v) is 9.32. The fourth-order valence-electron chi connectivity index (χ4n) is 3.21. The first-order chi connectivity index (χ1) is 13.2. The van der Waals surface area contributed by atoms with Crippen molar-refractivity contribution in [1.82, 2.24) is 20.2 Å². The first-order valence-electron chi connectivity index (χ1n) is 9.32. The van der Waals surface area contributed by atoms with Crippen LogP contribution in [-0.4, -0.2) is 51.9 Å². The molecule has 140 valence electrons. The van der Waals surface area contributed by atoms with Crippen molar-refractivity contribution in [2.45, 2.75) is 37.8 Å². The molecule has 7 heteroatoms. The molecule has 0 radical (unpaired) electrons. The van der Waals surface area contributed by atoms with Gasteiger partial charge in [-0.05, 0) is 56.0 Å². The minimum absolute atomic E-state index is 0.000789. The Morgan fingerprint density at radius 1 is 1.11 bits per heavy atom. The Balaban J connectivity index is 1.33. The number of aromatic nitrogens is 2. The van der Waals surface area contributed by atoms with Crippen molar-refractivity contribution in [3.63, 3.8) is 0 Å². The second-order valence-corrected chi connectivity index (χ2v) is 6.95. The van der Waals surface area contributed by atoms with Gasteiger partial charge in [-0.3, -0.25) is 9.59 Å². The van der Waals surface area contributed by atoms with Crippen molar-refractivity contribution in [2.75, 3.05) is 13.2 Å². The number of amides is 2. The summed E-state index contributed by atoms with van der Waals surface area (Å²) in [6.45, 7) is 1.09. The molecule has 1 saturated carbocycles. The second-order valence-electron chi connectivity index (χ2n) is 6.95. The lowest BCUT2D eigenvalue weighted by Gasteiger charge is -2.24. The highest BCUT2D eigenvalue weighted by Crippen LogP contribution is 2.22. The summed E-state index contributed by atoms with van der Waals surface area (Å²) in [4.78, 5) is 34.5. The lowest BCUT2D eigenvalue weighted by molar-refractivity contribution is 0.0679. The predicted octanol–water partition coefficient (Wildman–Crippen LogP) is 2.05. The molecule has 2 amide bonds. The number of carbonyl (C=O) groups is 2. The fraction of sp³-hybridized carbons (Fsp3) is 0.400. The molecular formula is C20H22N4O3. The molecule has 1 aliphatic heterocycles. The maximum absolute atomic E-state index is 12.6. The van der Waals surface area contributed by atoms with Gasteiger partial charge in [0.05, 0.1) is 6.04 Å². The summed E-state index contributed by atoms with van der Waals surface area (Å²) < 4.78 is 5.87. The van der Waals surface area contributed by atoms with Crippen LogP contribution in [0, 0.1) is 0 Å². The zero-order chi connectivity index (χ0) is 18.6. The highest BCUT2D eigenvalue weighted by atomic mass is 16.5. The third-order valence-electron chi connectivity index (χ3n) is 4.87. The van der Waals surface area contributed by atoms with E-state index in [1.807, 2.05) is 0 Å². The second kappa shape index (κ2) is 7.73. The van der Waals surface area contributed by atoms with Crippen LogP contribution >= 0.6 is 0 Å². The van der Waals surface area contributed by atoms with Crippen molar-refractivity contribution in [3.8, 4) is 5.75 Å². The van der Waals surface area contributed by atoms with E-state index in [4.69, 9.17) is 4.74 Å². The number of likely N-dealkylation sites (tertiary alicyclic amines) is 1. The van der Waals surface area contributed by atoms with Crippen LogP contribution in [-0.2, 0) is 0 Å². The third-order valence-corrected chi connectivity index (χ3v) is 4.87. The molecule has 27 heavy (non-hydrogen) atoms. The lowest BCUT2D eigenvalue weighted by Crippen LogP contribution is -2.39. The summed E-state index contributed by atoms with van der Waals surface area (Å²) in [5.74, 6) is 0.705. The molecule has 1 aliphatic carbocycles. The molecule has 2 aromatic rings. The molecule has 4 rings (SSSR count). The van der Waals surface area contributed by atoms with E-state index >= 15 is 0 Å².